The fourth-order valence-corrected chi connectivity index (χ4v) is 2.21. The van der Waals surface area contributed by atoms with Gasteiger partial charge >= 0.3 is 0 Å². The predicted molar refractivity (Wildman–Crippen MR) is 83.8 cm³/mol. The normalized spacial score (nSPS) is 10.7. The van der Waals surface area contributed by atoms with E-state index in [4.69, 9.17) is 9.15 Å². The Morgan fingerprint density at radius 3 is 2.87 bits per heavy atom. The molecule has 0 bridgehead atoms. The van der Waals surface area contributed by atoms with Gasteiger partial charge in [0.25, 0.3) is 0 Å². The van der Waals surface area contributed by atoms with Crippen LogP contribution in [0.5, 0.6) is 5.75 Å². The third kappa shape index (κ3) is 3.48. The maximum Gasteiger partial charge on any atom is 0.233 e. The maximum atomic E-state index is 13.1. The Morgan fingerprint density at radius 1 is 1.30 bits per heavy atom. The number of aryl methyl sites for hydroxylation is 1. The molecule has 0 aliphatic rings. The molecular formula is C17H15FN2O3. The van der Waals surface area contributed by atoms with E-state index in [9.17, 15) is 9.18 Å². The first-order valence-electron chi connectivity index (χ1n) is 7.07. The third-order valence-electron chi connectivity index (χ3n) is 3.26. The van der Waals surface area contributed by atoms with Gasteiger partial charge in [-0.2, -0.15) is 0 Å². The lowest BCUT2D eigenvalue weighted by Crippen LogP contribution is -2.07. The lowest BCUT2D eigenvalue weighted by atomic mass is 10.2. The van der Waals surface area contributed by atoms with Crippen LogP contribution in [-0.2, 0) is 11.4 Å². The summed E-state index contributed by atoms with van der Waals surface area (Å²) in [5.41, 5.74) is 2.60. The maximum absolute atomic E-state index is 13.1. The van der Waals surface area contributed by atoms with Crippen LogP contribution in [0.25, 0.3) is 11.1 Å². The van der Waals surface area contributed by atoms with Gasteiger partial charge < -0.3 is 14.5 Å². The summed E-state index contributed by atoms with van der Waals surface area (Å²) in [6, 6.07) is 9.51. The van der Waals surface area contributed by atoms with Crippen LogP contribution in [0, 0.1) is 12.7 Å². The van der Waals surface area contributed by atoms with Crippen LogP contribution < -0.4 is 10.1 Å². The number of amides is 1. The van der Waals surface area contributed by atoms with Gasteiger partial charge in [-0.3, -0.25) is 4.79 Å². The van der Waals surface area contributed by atoms with E-state index in [0.717, 1.165) is 11.3 Å². The number of carbonyl (C=O) groups is 1. The van der Waals surface area contributed by atoms with E-state index < -0.39 is 0 Å². The molecule has 0 spiro atoms. The zero-order valence-electron chi connectivity index (χ0n) is 12.7. The van der Waals surface area contributed by atoms with Crippen molar-refractivity contribution in [2.24, 2.45) is 0 Å². The molecule has 1 heterocycles. The van der Waals surface area contributed by atoms with E-state index in [2.05, 4.69) is 10.3 Å². The van der Waals surface area contributed by atoms with E-state index in [-0.39, 0.29) is 18.3 Å². The van der Waals surface area contributed by atoms with Gasteiger partial charge in [0, 0.05) is 18.7 Å². The monoisotopic (exact) mass is 314 g/mol. The minimum atomic E-state index is -0.359. The number of nitrogens with one attached hydrogen (secondary N) is 1. The topological polar surface area (TPSA) is 64.4 Å². The quantitative estimate of drug-likeness (QED) is 0.795. The minimum Gasteiger partial charge on any atom is -0.484 e. The molecule has 0 saturated carbocycles. The Hall–Kier alpha value is -2.89. The number of ether oxygens (including phenoxy) is 1. The van der Waals surface area contributed by atoms with Crippen LogP contribution >= 0.6 is 0 Å². The van der Waals surface area contributed by atoms with Crippen LogP contribution in [-0.4, -0.2) is 10.9 Å². The van der Waals surface area contributed by atoms with Gasteiger partial charge in [0.15, 0.2) is 12.2 Å². The van der Waals surface area contributed by atoms with Gasteiger partial charge in [-0.15, -0.1) is 0 Å². The highest BCUT2D eigenvalue weighted by atomic mass is 19.1. The van der Waals surface area contributed by atoms with Gasteiger partial charge in [0.2, 0.25) is 11.8 Å². The standard InChI is InChI=1S/C17H15FN2O3/c1-10-7-13(4-5-14(10)19-11(2)21)22-9-17-20-15-8-12(18)3-6-16(15)23-17/h3-8H,9H2,1-2H3,(H,19,21). The average Bonchev–Trinajstić information content (AvgIpc) is 2.89. The number of halogens is 1. The lowest BCUT2D eigenvalue weighted by Gasteiger charge is -2.09. The second kappa shape index (κ2) is 6.08. The molecular weight excluding hydrogens is 299 g/mol. The smallest absolute Gasteiger partial charge is 0.233 e. The first kappa shape index (κ1) is 15.0. The molecule has 6 heteroatoms. The van der Waals surface area contributed by atoms with Crippen LogP contribution in [0.3, 0.4) is 0 Å². The summed E-state index contributed by atoms with van der Waals surface area (Å²) in [5.74, 6) is 0.516. The number of hydrogen-bond acceptors (Lipinski definition) is 4. The Kier molecular flexibility index (Phi) is 3.97. The van der Waals surface area contributed by atoms with Crippen molar-refractivity contribution in [2.75, 3.05) is 5.32 Å². The average molecular weight is 314 g/mol. The van der Waals surface area contributed by atoms with Crippen molar-refractivity contribution >= 4 is 22.7 Å². The number of nitrogens with zero attached hydrogens (tertiary/aromatic N) is 1. The predicted octanol–water partition coefficient (Wildman–Crippen LogP) is 3.81. The fourth-order valence-electron chi connectivity index (χ4n) is 2.21. The van der Waals surface area contributed by atoms with E-state index in [0.29, 0.717) is 22.7 Å². The SMILES string of the molecule is CC(=O)Nc1ccc(OCc2nc3cc(F)ccc3o2)cc1C. The number of rotatable bonds is 4. The van der Waals surface area contributed by atoms with Crippen molar-refractivity contribution in [2.45, 2.75) is 20.5 Å². The van der Waals surface area contributed by atoms with Crippen molar-refractivity contribution in [3.8, 4) is 5.75 Å². The summed E-state index contributed by atoms with van der Waals surface area (Å²) < 4.78 is 24.2. The molecule has 0 fully saturated rings. The molecule has 0 unspecified atom stereocenters. The Bertz CT molecular complexity index is 873. The van der Waals surface area contributed by atoms with Crippen molar-refractivity contribution < 1.29 is 18.3 Å². The highest BCUT2D eigenvalue weighted by Crippen LogP contribution is 2.23. The Balaban J connectivity index is 1.71. The molecule has 0 saturated heterocycles. The Morgan fingerprint density at radius 2 is 2.13 bits per heavy atom. The molecule has 0 atom stereocenters. The summed E-state index contributed by atoms with van der Waals surface area (Å²) in [4.78, 5) is 15.3. The number of hydrogen-bond donors (Lipinski definition) is 1. The summed E-state index contributed by atoms with van der Waals surface area (Å²) >= 11 is 0. The molecule has 23 heavy (non-hydrogen) atoms. The van der Waals surface area contributed by atoms with E-state index in [1.54, 1.807) is 12.1 Å². The van der Waals surface area contributed by atoms with Crippen molar-refractivity contribution in [3.05, 3.63) is 53.7 Å². The molecule has 118 valence electrons. The molecule has 0 aliphatic heterocycles. The van der Waals surface area contributed by atoms with Gasteiger partial charge in [0.1, 0.15) is 17.1 Å². The molecule has 1 N–H and O–H groups in total. The lowest BCUT2D eigenvalue weighted by molar-refractivity contribution is -0.114. The second-order valence-corrected chi connectivity index (χ2v) is 5.17. The van der Waals surface area contributed by atoms with Gasteiger partial charge in [0.05, 0.1) is 0 Å². The molecule has 2 aromatic carbocycles. The summed E-state index contributed by atoms with van der Waals surface area (Å²) in [6.45, 7) is 3.47. The number of oxazole rings is 1. The van der Waals surface area contributed by atoms with Crippen molar-refractivity contribution in [1.29, 1.82) is 0 Å². The molecule has 1 aromatic heterocycles. The highest BCUT2D eigenvalue weighted by molar-refractivity contribution is 5.89. The molecule has 0 aliphatic carbocycles. The molecule has 1 amide bonds. The van der Waals surface area contributed by atoms with Gasteiger partial charge in [-0.05, 0) is 42.8 Å². The largest absolute Gasteiger partial charge is 0.484 e. The summed E-state index contributed by atoms with van der Waals surface area (Å²) in [6.07, 6.45) is 0. The molecule has 5 nitrogen and oxygen atoms in total. The number of anilines is 1. The van der Waals surface area contributed by atoms with E-state index in [1.165, 1.54) is 25.1 Å². The highest BCUT2D eigenvalue weighted by Gasteiger charge is 2.08. The van der Waals surface area contributed by atoms with Crippen LogP contribution in [0.15, 0.2) is 40.8 Å². The van der Waals surface area contributed by atoms with Crippen molar-refractivity contribution in [1.82, 2.24) is 4.98 Å². The van der Waals surface area contributed by atoms with Crippen LogP contribution in [0.1, 0.15) is 18.4 Å². The van der Waals surface area contributed by atoms with E-state index in [1.807, 2.05) is 13.0 Å². The van der Waals surface area contributed by atoms with Crippen LogP contribution in [0.4, 0.5) is 10.1 Å². The Labute approximate surface area is 132 Å². The number of fused-ring (bicyclic) bond motifs is 1. The van der Waals surface area contributed by atoms with Crippen molar-refractivity contribution in [3.63, 3.8) is 0 Å². The first-order chi connectivity index (χ1) is 11.0. The fraction of sp³-hybridized carbons (Fsp3) is 0.176. The number of aromatic nitrogens is 1. The molecule has 3 rings (SSSR count). The molecule has 3 aromatic rings. The second-order valence-electron chi connectivity index (χ2n) is 5.17. The summed E-state index contributed by atoms with van der Waals surface area (Å²) in [5, 5.41) is 2.74. The zero-order valence-corrected chi connectivity index (χ0v) is 12.7. The van der Waals surface area contributed by atoms with Gasteiger partial charge in [-0.1, -0.05) is 0 Å². The van der Waals surface area contributed by atoms with Crippen LogP contribution in [0.2, 0.25) is 0 Å². The summed E-state index contributed by atoms with van der Waals surface area (Å²) in [7, 11) is 0. The van der Waals surface area contributed by atoms with Gasteiger partial charge in [-0.25, -0.2) is 9.37 Å². The third-order valence-corrected chi connectivity index (χ3v) is 3.26. The number of carbonyl (C=O) groups excluding carboxylic acids is 1. The molecule has 0 radical (unpaired) electrons. The zero-order chi connectivity index (χ0) is 16.4. The van der Waals surface area contributed by atoms with E-state index >= 15 is 0 Å². The minimum absolute atomic E-state index is 0.125. The number of benzene rings is 2. The first-order valence-corrected chi connectivity index (χ1v) is 7.07.